The molecule has 25 heavy (non-hydrogen) atoms. The van der Waals surface area contributed by atoms with E-state index in [1.807, 2.05) is 18.2 Å². The van der Waals surface area contributed by atoms with Crippen LogP contribution in [-0.4, -0.2) is 36.9 Å². The van der Waals surface area contributed by atoms with Gasteiger partial charge in [-0.3, -0.25) is 0 Å². The van der Waals surface area contributed by atoms with Gasteiger partial charge in [0, 0.05) is 37.6 Å². The highest BCUT2D eigenvalue weighted by Crippen LogP contribution is 2.33. The minimum atomic E-state index is -0.122. The SMILES string of the molecule is O=C(NCC1CCCOC1c1ccccc1)NC1CCCCC1CO. The number of rotatable bonds is 5. The Kier molecular flexibility index (Phi) is 6.70. The second-order valence-electron chi connectivity index (χ2n) is 7.29. The molecule has 138 valence electrons. The van der Waals surface area contributed by atoms with E-state index in [-0.39, 0.29) is 30.7 Å². The van der Waals surface area contributed by atoms with Gasteiger partial charge in [-0.1, -0.05) is 43.2 Å². The number of carbonyl (C=O) groups excluding carboxylic acids is 1. The number of aliphatic hydroxyl groups excluding tert-OH is 1. The molecule has 0 aromatic heterocycles. The Bertz CT molecular complexity index is 537. The third kappa shape index (κ3) is 4.95. The van der Waals surface area contributed by atoms with E-state index in [1.165, 1.54) is 5.56 Å². The maximum Gasteiger partial charge on any atom is 0.315 e. The predicted molar refractivity (Wildman–Crippen MR) is 97.2 cm³/mol. The standard InChI is InChI=1S/C20H30N2O3/c23-14-17-9-4-5-11-18(17)22-20(24)21-13-16-10-6-12-25-19(16)15-7-2-1-3-8-15/h1-3,7-8,16-19,23H,4-6,9-14H2,(H2,21,22,24). The maximum absolute atomic E-state index is 12.3. The summed E-state index contributed by atoms with van der Waals surface area (Å²) in [5.74, 6) is 0.483. The Balaban J connectivity index is 1.51. The molecule has 0 spiro atoms. The van der Waals surface area contributed by atoms with Crippen molar-refractivity contribution in [2.45, 2.75) is 50.7 Å². The molecule has 0 radical (unpaired) electrons. The summed E-state index contributed by atoms with van der Waals surface area (Å²) < 4.78 is 5.99. The van der Waals surface area contributed by atoms with Crippen LogP contribution in [0.2, 0.25) is 0 Å². The average Bonchev–Trinajstić information content (AvgIpc) is 2.68. The van der Waals surface area contributed by atoms with Gasteiger partial charge in [0.05, 0.1) is 6.10 Å². The highest BCUT2D eigenvalue weighted by Gasteiger charge is 2.29. The molecule has 4 unspecified atom stereocenters. The third-order valence-electron chi connectivity index (χ3n) is 5.56. The highest BCUT2D eigenvalue weighted by atomic mass is 16.5. The van der Waals surface area contributed by atoms with E-state index in [1.54, 1.807) is 0 Å². The number of nitrogens with one attached hydrogen (secondary N) is 2. The lowest BCUT2D eigenvalue weighted by atomic mass is 9.85. The quantitative estimate of drug-likeness (QED) is 0.767. The summed E-state index contributed by atoms with van der Waals surface area (Å²) in [4.78, 5) is 12.3. The lowest BCUT2D eigenvalue weighted by molar-refractivity contribution is -0.0269. The molecule has 2 aliphatic rings. The largest absolute Gasteiger partial charge is 0.396 e. The smallest absolute Gasteiger partial charge is 0.315 e. The summed E-state index contributed by atoms with van der Waals surface area (Å²) in [5, 5.41) is 15.6. The van der Waals surface area contributed by atoms with Gasteiger partial charge in [0.25, 0.3) is 0 Å². The van der Waals surface area contributed by atoms with Crippen molar-refractivity contribution in [2.24, 2.45) is 11.8 Å². The van der Waals surface area contributed by atoms with Crippen molar-refractivity contribution in [1.29, 1.82) is 0 Å². The van der Waals surface area contributed by atoms with Crippen LogP contribution in [0.5, 0.6) is 0 Å². The fourth-order valence-electron chi connectivity index (χ4n) is 4.12. The molecular weight excluding hydrogens is 316 g/mol. The number of ether oxygens (including phenoxy) is 1. The number of benzene rings is 1. The molecule has 5 nitrogen and oxygen atoms in total. The van der Waals surface area contributed by atoms with Gasteiger partial charge in [0.15, 0.2) is 0 Å². The molecule has 1 aliphatic heterocycles. The second kappa shape index (κ2) is 9.20. The molecule has 3 rings (SSSR count). The zero-order valence-electron chi connectivity index (χ0n) is 14.8. The van der Waals surface area contributed by atoms with Crippen molar-refractivity contribution >= 4 is 6.03 Å². The first kappa shape index (κ1) is 18.2. The van der Waals surface area contributed by atoms with Crippen molar-refractivity contribution in [3.8, 4) is 0 Å². The maximum atomic E-state index is 12.3. The molecule has 5 heteroatoms. The molecule has 0 bridgehead atoms. The van der Waals surface area contributed by atoms with Crippen LogP contribution in [0, 0.1) is 11.8 Å². The van der Waals surface area contributed by atoms with E-state index in [0.29, 0.717) is 12.5 Å². The first-order chi connectivity index (χ1) is 12.3. The van der Waals surface area contributed by atoms with Crippen molar-refractivity contribution in [2.75, 3.05) is 19.8 Å². The van der Waals surface area contributed by atoms with Crippen LogP contribution in [0.25, 0.3) is 0 Å². The minimum Gasteiger partial charge on any atom is -0.396 e. The van der Waals surface area contributed by atoms with Crippen molar-refractivity contribution < 1.29 is 14.6 Å². The monoisotopic (exact) mass is 346 g/mol. The van der Waals surface area contributed by atoms with Gasteiger partial charge in [-0.2, -0.15) is 0 Å². The highest BCUT2D eigenvalue weighted by molar-refractivity contribution is 5.74. The van der Waals surface area contributed by atoms with Crippen LogP contribution in [0.3, 0.4) is 0 Å². The Morgan fingerprint density at radius 1 is 1.08 bits per heavy atom. The van der Waals surface area contributed by atoms with E-state index in [4.69, 9.17) is 4.74 Å². The van der Waals surface area contributed by atoms with Gasteiger partial charge in [-0.05, 0) is 31.2 Å². The summed E-state index contributed by atoms with van der Waals surface area (Å²) in [6.07, 6.45) is 6.35. The molecule has 1 aromatic carbocycles. The minimum absolute atomic E-state index is 0.0510. The van der Waals surface area contributed by atoms with Crippen LogP contribution >= 0.6 is 0 Å². The van der Waals surface area contributed by atoms with Crippen molar-refractivity contribution in [1.82, 2.24) is 10.6 Å². The molecule has 2 amide bonds. The fraction of sp³-hybridized carbons (Fsp3) is 0.650. The molecule has 2 fully saturated rings. The van der Waals surface area contributed by atoms with Gasteiger partial charge in [-0.25, -0.2) is 4.79 Å². The normalized spacial score (nSPS) is 29.8. The van der Waals surface area contributed by atoms with Gasteiger partial charge >= 0.3 is 6.03 Å². The Morgan fingerprint density at radius 2 is 1.84 bits per heavy atom. The van der Waals surface area contributed by atoms with E-state index < -0.39 is 0 Å². The molecule has 1 aromatic rings. The first-order valence-electron chi connectivity index (χ1n) is 9.59. The molecule has 1 saturated heterocycles. The van der Waals surface area contributed by atoms with E-state index >= 15 is 0 Å². The van der Waals surface area contributed by atoms with Crippen molar-refractivity contribution in [3.63, 3.8) is 0 Å². The molecule has 1 aliphatic carbocycles. The van der Waals surface area contributed by atoms with Crippen LogP contribution in [0.1, 0.15) is 50.2 Å². The van der Waals surface area contributed by atoms with E-state index in [0.717, 1.165) is 45.1 Å². The number of urea groups is 1. The number of hydrogen-bond acceptors (Lipinski definition) is 3. The first-order valence-corrected chi connectivity index (χ1v) is 9.59. The molecule has 4 atom stereocenters. The van der Waals surface area contributed by atoms with Crippen LogP contribution < -0.4 is 10.6 Å². The molecule has 1 saturated carbocycles. The summed E-state index contributed by atoms with van der Waals surface area (Å²) >= 11 is 0. The molecule has 1 heterocycles. The van der Waals surface area contributed by atoms with Gasteiger partial charge in [0.2, 0.25) is 0 Å². The number of hydrogen-bond donors (Lipinski definition) is 3. The van der Waals surface area contributed by atoms with E-state index in [2.05, 4.69) is 22.8 Å². The zero-order valence-corrected chi connectivity index (χ0v) is 14.8. The van der Waals surface area contributed by atoms with Gasteiger partial charge in [-0.15, -0.1) is 0 Å². The summed E-state index contributed by atoms with van der Waals surface area (Å²) in [5.41, 5.74) is 1.18. The van der Waals surface area contributed by atoms with E-state index in [9.17, 15) is 9.90 Å². The van der Waals surface area contributed by atoms with Crippen LogP contribution in [0.4, 0.5) is 4.79 Å². The topological polar surface area (TPSA) is 70.6 Å². The van der Waals surface area contributed by atoms with Crippen molar-refractivity contribution in [3.05, 3.63) is 35.9 Å². The number of amides is 2. The Hall–Kier alpha value is -1.59. The fourth-order valence-corrected chi connectivity index (χ4v) is 4.12. The Morgan fingerprint density at radius 3 is 2.64 bits per heavy atom. The summed E-state index contributed by atoms with van der Waals surface area (Å²) in [7, 11) is 0. The van der Waals surface area contributed by atoms with Crippen LogP contribution in [0.15, 0.2) is 30.3 Å². The third-order valence-corrected chi connectivity index (χ3v) is 5.56. The predicted octanol–water partition coefficient (Wildman–Crippen LogP) is 3.00. The van der Waals surface area contributed by atoms with Gasteiger partial charge < -0.3 is 20.5 Å². The number of carbonyl (C=O) groups is 1. The molecule has 3 N–H and O–H groups in total. The lowest BCUT2D eigenvalue weighted by Gasteiger charge is -2.33. The summed E-state index contributed by atoms with van der Waals surface area (Å²) in [6.45, 7) is 1.54. The second-order valence-corrected chi connectivity index (χ2v) is 7.29. The Labute approximate surface area is 150 Å². The summed E-state index contributed by atoms with van der Waals surface area (Å²) in [6, 6.07) is 10.2. The molecular formula is C20H30N2O3. The lowest BCUT2D eigenvalue weighted by Crippen LogP contribution is -2.49. The average molecular weight is 346 g/mol. The van der Waals surface area contributed by atoms with Crippen LogP contribution in [-0.2, 0) is 4.74 Å². The zero-order chi connectivity index (χ0) is 17.5. The number of aliphatic hydroxyl groups is 1. The van der Waals surface area contributed by atoms with Gasteiger partial charge in [0.1, 0.15) is 0 Å².